The molecule has 0 saturated heterocycles. The van der Waals surface area contributed by atoms with Gasteiger partial charge in [-0.05, 0) is 25.0 Å². The van der Waals surface area contributed by atoms with Gasteiger partial charge in [0.05, 0.1) is 17.1 Å². The van der Waals surface area contributed by atoms with Crippen molar-refractivity contribution in [2.45, 2.75) is 23.1 Å². The van der Waals surface area contributed by atoms with E-state index in [0.29, 0.717) is 5.69 Å². The molecule has 1 aromatic heterocycles. The molecule has 1 aromatic rings. The molecule has 1 heterocycles. The van der Waals surface area contributed by atoms with Gasteiger partial charge in [-0.3, -0.25) is 0 Å². The van der Waals surface area contributed by atoms with Crippen LogP contribution in [0, 0.1) is 0 Å². The van der Waals surface area contributed by atoms with Gasteiger partial charge in [0.25, 0.3) is 0 Å². The first-order chi connectivity index (χ1) is 6.10. The Balaban J connectivity index is 2.40. The highest BCUT2D eigenvalue weighted by molar-refractivity contribution is 7.92. The Bertz CT molecular complexity index is 406. The van der Waals surface area contributed by atoms with Crippen LogP contribution < -0.4 is 5.73 Å². The molecule has 0 radical (unpaired) electrons. The average Bonchev–Trinajstić information content (AvgIpc) is 2.87. The van der Waals surface area contributed by atoms with Crippen LogP contribution in [-0.4, -0.2) is 18.7 Å². The molecule has 1 saturated carbocycles. The highest BCUT2D eigenvalue weighted by Gasteiger charge is 2.37. The molecule has 1 fully saturated rings. The van der Waals surface area contributed by atoms with Crippen LogP contribution in [0.4, 0.5) is 5.69 Å². The van der Waals surface area contributed by atoms with Gasteiger partial charge in [-0.1, -0.05) is 0 Å². The van der Waals surface area contributed by atoms with Crippen molar-refractivity contribution in [2.24, 2.45) is 0 Å². The molecule has 5 heteroatoms. The molecule has 0 atom stereocenters. The highest BCUT2D eigenvalue weighted by atomic mass is 32.2. The quantitative estimate of drug-likeness (QED) is 0.755. The minimum absolute atomic E-state index is 0.143. The second kappa shape index (κ2) is 2.70. The fraction of sp³-hybridized carbons (Fsp3) is 0.375. The molecule has 0 aromatic carbocycles. The molecule has 1 aliphatic carbocycles. The van der Waals surface area contributed by atoms with Crippen LogP contribution >= 0.6 is 0 Å². The van der Waals surface area contributed by atoms with Gasteiger partial charge in [-0.15, -0.1) is 0 Å². The van der Waals surface area contributed by atoms with Crippen molar-refractivity contribution in [2.75, 3.05) is 5.73 Å². The van der Waals surface area contributed by atoms with Crippen LogP contribution in [0.3, 0.4) is 0 Å². The van der Waals surface area contributed by atoms with Crippen LogP contribution in [0.5, 0.6) is 0 Å². The molecule has 4 nitrogen and oxygen atoms in total. The van der Waals surface area contributed by atoms with Crippen LogP contribution in [0.25, 0.3) is 0 Å². The summed E-state index contributed by atoms with van der Waals surface area (Å²) in [6.45, 7) is 0. The van der Waals surface area contributed by atoms with Gasteiger partial charge in [0.1, 0.15) is 0 Å². The van der Waals surface area contributed by atoms with E-state index in [1.807, 2.05) is 0 Å². The number of hydrogen-bond acceptors (Lipinski definition) is 4. The molecule has 1 aliphatic rings. The largest absolute Gasteiger partial charge is 0.397 e. The zero-order chi connectivity index (χ0) is 9.47. The Hall–Kier alpha value is -1.10. The fourth-order valence-corrected chi connectivity index (χ4v) is 2.66. The van der Waals surface area contributed by atoms with Crippen LogP contribution in [0.2, 0.25) is 0 Å². The summed E-state index contributed by atoms with van der Waals surface area (Å²) in [4.78, 5) is 3.80. The van der Waals surface area contributed by atoms with E-state index in [0.717, 1.165) is 12.8 Å². The van der Waals surface area contributed by atoms with Crippen LogP contribution in [-0.2, 0) is 9.84 Å². The molecule has 0 unspecified atom stereocenters. The molecule has 0 aliphatic heterocycles. The van der Waals surface area contributed by atoms with Crippen molar-refractivity contribution < 1.29 is 8.42 Å². The lowest BCUT2D eigenvalue weighted by atomic mass is 10.4. The summed E-state index contributed by atoms with van der Waals surface area (Å²) in [7, 11) is -3.15. The lowest BCUT2D eigenvalue weighted by Gasteiger charge is -2.00. The summed E-state index contributed by atoms with van der Waals surface area (Å²) in [5.74, 6) is 0. The van der Waals surface area contributed by atoms with Gasteiger partial charge in [-0.25, -0.2) is 13.4 Å². The first-order valence-electron chi connectivity index (χ1n) is 4.06. The Morgan fingerprint density at radius 2 is 2.08 bits per heavy atom. The lowest BCUT2D eigenvalue weighted by molar-refractivity contribution is 0.591. The smallest absolute Gasteiger partial charge is 0.198 e. The molecule has 13 heavy (non-hydrogen) atoms. The van der Waals surface area contributed by atoms with Gasteiger partial charge in [0, 0.05) is 0 Å². The number of nitrogen functional groups attached to an aromatic ring is 1. The normalized spacial score (nSPS) is 17.2. The van der Waals surface area contributed by atoms with Gasteiger partial charge in [0.2, 0.25) is 0 Å². The van der Waals surface area contributed by atoms with Crippen molar-refractivity contribution in [3.05, 3.63) is 18.3 Å². The zero-order valence-corrected chi connectivity index (χ0v) is 7.79. The Labute approximate surface area is 76.7 Å². The fourth-order valence-electron chi connectivity index (χ4n) is 1.11. The molecule has 70 valence electrons. The summed E-state index contributed by atoms with van der Waals surface area (Å²) in [6, 6.07) is 3.02. The van der Waals surface area contributed by atoms with Crippen molar-refractivity contribution in [3.8, 4) is 0 Å². The van der Waals surface area contributed by atoms with Crippen LogP contribution in [0.1, 0.15) is 12.8 Å². The van der Waals surface area contributed by atoms with E-state index >= 15 is 0 Å². The summed E-state index contributed by atoms with van der Waals surface area (Å²) < 4.78 is 23.2. The maximum absolute atomic E-state index is 11.6. The predicted molar refractivity (Wildman–Crippen MR) is 48.9 cm³/mol. The minimum Gasteiger partial charge on any atom is -0.397 e. The third-order valence-electron chi connectivity index (χ3n) is 2.01. The zero-order valence-electron chi connectivity index (χ0n) is 6.97. The van der Waals surface area contributed by atoms with Gasteiger partial charge in [0.15, 0.2) is 14.9 Å². The summed E-state index contributed by atoms with van der Waals surface area (Å²) >= 11 is 0. The van der Waals surface area contributed by atoms with Crippen molar-refractivity contribution in [3.63, 3.8) is 0 Å². The number of anilines is 1. The highest BCUT2D eigenvalue weighted by Crippen LogP contribution is 2.32. The SMILES string of the molecule is Nc1ccc(S(=O)(=O)C2CC2)nc1. The van der Waals surface area contributed by atoms with Gasteiger partial charge in [-0.2, -0.15) is 0 Å². The summed E-state index contributed by atoms with van der Waals surface area (Å²) in [5.41, 5.74) is 5.89. The standard InChI is InChI=1S/C8H10N2O2S/c9-6-1-4-8(10-5-6)13(11,12)7-2-3-7/h1,4-5,7H,2-3,9H2. The van der Waals surface area contributed by atoms with E-state index < -0.39 is 9.84 Å². The third kappa shape index (κ3) is 1.51. The third-order valence-corrected chi connectivity index (χ3v) is 4.19. The van der Waals surface area contributed by atoms with E-state index in [9.17, 15) is 8.42 Å². The maximum atomic E-state index is 11.6. The molecule has 2 rings (SSSR count). The van der Waals surface area contributed by atoms with Crippen molar-refractivity contribution in [1.82, 2.24) is 4.98 Å². The molecular formula is C8H10N2O2S. The first-order valence-corrected chi connectivity index (χ1v) is 5.61. The summed E-state index contributed by atoms with van der Waals surface area (Å²) in [6.07, 6.45) is 2.89. The number of nitrogens with two attached hydrogens (primary N) is 1. The summed E-state index contributed by atoms with van der Waals surface area (Å²) in [5, 5.41) is -0.0622. The van der Waals surface area contributed by atoms with E-state index in [4.69, 9.17) is 5.73 Å². The number of hydrogen-bond donors (Lipinski definition) is 1. The number of pyridine rings is 1. The Kier molecular flexibility index (Phi) is 1.76. The topological polar surface area (TPSA) is 73.1 Å². The Morgan fingerprint density at radius 3 is 2.54 bits per heavy atom. The number of rotatable bonds is 2. The lowest BCUT2D eigenvalue weighted by Crippen LogP contribution is -2.09. The van der Waals surface area contributed by atoms with E-state index in [2.05, 4.69) is 4.98 Å². The molecule has 0 spiro atoms. The first kappa shape index (κ1) is 8.50. The van der Waals surface area contributed by atoms with Crippen LogP contribution in [0.15, 0.2) is 23.4 Å². The average molecular weight is 198 g/mol. The maximum Gasteiger partial charge on any atom is 0.198 e. The predicted octanol–water partition coefficient (Wildman–Crippen LogP) is 0.600. The van der Waals surface area contributed by atoms with Gasteiger partial charge < -0.3 is 5.73 Å². The number of aromatic nitrogens is 1. The van der Waals surface area contributed by atoms with Crippen molar-refractivity contribution in [1.29, 1.82) is 0 Å². The number of nitrogens with zero attached hydrogens (tertiary/aromatic N) is 1. The van der Waals surface area contributed by atoms with Gasteiger partial charge >= 0.3 is 0 Å². The molecule has 0 amide bonds. The van der Waals surface area contributed by atoms with E-state index in [1.54, 1.807) is 6.07 Å². The molecular weight excluding hydrogens is 188 g/mol. The number of sulfone groups is 1. The van der Waals surface area contributed by atoms with Crippen molar-refractivity contribution >= 4 is 15.5 Å². The second-order valence-electron chi connectivity index (χ2n) is 3.17. The van der Waals surface area contributed by atoms with E-state index in [-0.39, 0.29) is 10.3 Å². The molecule has 0 bridgehead atoms. The monoisotopic (exact) mass is 198 g/mol. The second-order valence-corrected chi connectivity index (χ2v) is 5.35. The molecule has 2 N–H and O–H groups in total. The van der Waals surface area contributed by atoms with E-state index in [1.165, 1.54) is 12.3 Å². The minimum atomic E-state index is -3.15. The Morgan fingerprint density at radius 1 is 1.38 bits per heavy atom.